The number of carbonyl (C=O) groups is 1. The molecule has 2 heterocycles. The zero-order valence-corrected chi connectivity index (χ0v) is 14.1. The molecule has 1 saturated heterocycles. The minimum atomic E-state index is -0.387. The fourth-order valence-corrected chi connectivity index (χ4v) is 3.20. The molecule has 1 aliphatic rings. The van der Waals surface area contributed by atoms with Crippen LogP contribution in [0, 0.1) is 0 Å². The molecular formula is C17H17BrN2O3. The monoisotopic (exact) mass is 376 g/mol. The Morgan fingerprint density at radius 1 is 1.22 bits per heavy atom. The third kappa shape index (κ3) is 3.09. The first-order chi connectivity index (χ1) is 11.0. The number of aliphatic hydroxyl groups excluding tert-OH is 1. The van der Waals surface area contributed by atoms with Crippen molar-refractivity contribution < 1.29 is 9.90 Å². The second-order valence-electron chi connectivity index (χ2n) is 5.87. The first kappa shape index (κ1) is 16.0. The molecule has 0 saturated carbocycles. The van der Waals surface area contributed by atoms with Gasteiger partial charge in [0, 0.05) is 29.8 Å². The number of benzene rings is 1. The van der Waals surface area contributed by atoms with Crippen LogP contribution >= 0.6 is 15.9 Å². The van der Waals surface area contributed by atoms with E-state index in [9.17, 15) is 14.7 Å². The highest BCUT2D eigenvalue weighted by atomic mass is 79.9. The first-order valence-electron chi connectivity index (χ1n) is 7.34. The number of pyridine rings is 1. The highest BCUT2D eigenvalue weighted by Gasteiger charge is 2.45. The Bertz CT molecular complexity index is 767. The molecule has 6 heteroatoms. The van der Waals surface area contributed by atoms with E-state index in [4.69, 9.17) is 0 Å². The normalized spacial score (nSPS) is 16.0. The smallest absolute Gasteiger partial charge is 0.252 e. The van der Waals surface area contributed by atoms with Crippen molar-refractivity contribution in [3.05, 3.63) is 69.1 Å². The number of hydrogen-bond acceptors (Lipinski definition) is 3. The summed E-state index contributed by atoms with van der Waals surface area (Å²) in [6.07, 6.45) is 1.60. The van der Waals surface area contributed by atoms with E-state index in [1.807, 2.05) is 30.3 Å². The minimum Gasteiger partial charge on any atom is -0.395 e. The van der Waals surface area contributed by atoms with Gasteiger partial charge in [-0.15, -0.1) is 0 Å². The quantitative estimate of drug-likeness (QED) is 0.876. The average molecular weight is 377 g/mol. The number of likely N-dealkylation sites (tertiary alicyclic amines) is 1. The molecular weight excluding hydrogens is 360 g/mol. The van der Waals surface area contributed by atoms with Crippen molar-refractivity contribution in [3.63, 3.8) is 0 Å². The third-order valence-corrected chi connectivity index (χ3v) is 4.79. The Labute approximate surface area is 142 Å². The Kier molecular flexibility index (Phi) is 4.37. The van der Waals surface area contributed by atoms with E-state index < -0.39 is 0 Å². The van der Waals surface area contributed by atoms with Crippen LogP contribution in [-0.2, 0) is 16.8 Å². The molecule has 2 aromatic rings. The van der Waals surface area contributed by atoms with Gasteiger partial charge >= 0.3 is 0 Å². The molecule has 1 fully saturated rings. The predicted molar refractivity (Wildman–Crippen MR) is 90.2 cm³/mol. The van der Waals surface area contributed by atoms with Gasteiger partial charge in [0.1, 0.15) is 6.54 Å². The van der Waals surface area contributed by atoms with Crippen molar-refractivity contribution >= 4 is 21.8 Å². The maximum atomic E-state index is 12.3. The van der Waals surface area contributed by atoms with Crippen LogP contribution in [-0.4, -0.2) is 40.2 Å². The Balaban J connectivity index is 1.68. The van der Waals surface area contributed by atoms with Gasteiger partial charge in [-0.25, -0.2) is 0 Å². The number of rotatable bonds is 4. The van der Waals surface area contributed by atoms with Crippen molar-refractivity contribution in [1.29, 1.82) is 0 Å². The molecule has 0 aliphatic carbocycles. The molecule has 3 rings (SSSR count). The minimum absolute atomic E-state index is 0.000967. The highest BCUT2D eigenvalue weighted by molar-refractivity contribution is 9.10. The molecule has 0 spiro atoms. The molecule has 1 amide bonds. The van der Waals surface area contributed by atoms with Gasteiger partial charge in [0.25, 0.3) is 5.56 Å². The fraction of sp³-hybridized carbons (Fsp3) is 0.294. The van der Waals surface area contributed by atoms with E-state index in [-0.39, 0.29) is 30.0 Å². The zero-order chi connectivity index (χ0) is 16.4. The largest absolute Gasteiger partial charge is 0.395 e. The van der Waals surface area contributed by atoms with Crippen LogP contribution in [0.2, 0.25) is 0 Å². The van der Waals surface area contributed by atoms with Crippen LogP contribution in [0.5, 0.6) is 0 Å². The maximum absolute atomic E-state index is 12.3. The molecule has 1 aliphatic heterocycles. The topological polar surface area (TPSA) is 62.5 Å². The van der Waals surface area contributed by atoms with Gasteiger partial charge in [-0.05, 0) is 11.6 Å². The van der Waals surface area contributed by atoms with E-state index in [2.05, 4.69) is 15.9 Å². The zero-order valence-electron chi connectivity index (χ0n) is 12.5. The third-order valence-electron chi connectivity index (χ3n) is 4.29. The van der Waals surface area contributed by atoms with Gasteiger partial charge in [-0.3, -0.25) is 9.59 Å². The second-order valence-corrected chi connectivity index (χ2v) is 6.78. The van der Waals surface area contributed by atoms with E-state index >= 15 is 0 Å². The number of aliphatic hydroxyl groups is 1. The standard InChI is InChI=1S/C17H17BrN2O3/c18-14-6-7-19(15(22)8-14)9-16(23)20-10-17(11-20,12-21)13-4-2-1-3-5-13/h1-8,21H,9-12H2. The Morgan fingerprint density at radius 2 is 1.91 bits per heavy atom. The van der Waals surface area contributed by atoms with Crippen molar-refractivity contribution in [2.45, 2.75) is 12.0 Å². The van der Waals surface area contributed by atoms with Crippen LogP contribution < -0.4 is 5.56 Å². The SMILES string of the molecule is O=C(Cn1ccc(Br)cc1=O)N1CC(CO)(c2ccccc2)C1. The van der Waals surface area contributed by atoms with Gasteiger partial charge in [0.2, 0.25) is 5.91 Å². The molecule has 5 nitrogen and oxygen atoms in total. The molecule has 1 aromatic heterocycles. The maximum Gasteiger partial charge on any atom is 0.252 e. The van der Waals surface area contributed by atoms with Gasteiger partial charge in [-0.2, -0.15) is 0 Å². The molecule has 1 N–H and O–H groups in total. The highest BCUT2D eigenvalue weighted by Crippen LogP contribution is 2.34. The number of hydrogen-bond donors (Lipinski definition) is 1. The average Bonchev–Trinajstić information content (AvgIpc) is 2.51. The van der Waals surface area contributed by atoms with Crippen molar-refractivity contribution in [3.8, 4) is 0 Å². The molecule has 0 bridgehead atoms. The van der Waals surface area contributed by atoms with E-state index in [0.29, 0.717) is 17.6 Å². The first-order valence-corrected chi connectivity index (χ1v) is 8.13. The summed E-state index contributed by atoms with van der Waals surface area (Å²) in [5.41, 5.74) is 0.429. The van der Waals surface area contributed by atoms with Crippen LogP contribution in [0.1, 0.15) is 5.56 Å². The van der Waals surface area contributed by atoms with Crippen molar-refractivity contribution in [1.82, 2.24) is 9.47 Å². The van der Waals surface area contributed by atoms with E-state index in [0.717, 1.165) is 5.56 Å². The lowest BCUT2D eigenvalue weighted by molar-refractivity contribution is -0.141. The Morgan fingerprint density at radius 3 is 2.52 bits per heavy atom. The molecule has 23 heavy (non-hydrogen) atoms. The van der Waals surface area contributed by atoms with Gasteiger partial charge in [0.05, 0.1) is 12.0 Å². The van der Waals surface area contributed by atoms with Gasteiger partial charge in [0.15, 0.2) is 0 Å². The lowest BCUT2D eigenvalue weighted by atomic mass is 9.74. The summed E-state index contributed by atoms with van der Waals surface area (Å²) < 4.78 is 2.08. The van der Waals surface area contributed by atoms with Crippen LogP contribution in [0.4, 0.5) is 0 Å². The number of amides is 1. The van der Waals surface area contributed by atoms with Crippen LogP contribution in [0.3, 0.4) is 0 Å². The number of carbonyl (C=O) groups excluding carboxylic acids is 1. The number of aromatic nitrogens is 1. The Hall–Kier alpha value is -1.92. The second kappa shape index (κ2) is 6.29. The molecule has 0 radical (unpaired) electrons. The molecule has 0 unspecified atom stereocenters. The predicted octanol–water partition coefficient (Wildman–Crippen LogP) is 1.38. The van der Waals surface area contributed by atoms with Crippen LogP contribution in [0.25, 0.3) is 0 Å². The van der Waals surface area contributed by atoms with E-state index in [1.54, 1.807) is 17.2 Å². The summed E-state index contributed by atoms with van der Waals surface area (Å²) in [6.45, 7) is 0.955. The summed E-state index contributed by atoms with van der Waals surface area (Å²) in [5, 5.41) is 9.76. The summed E-state index contributed by atoms with van der Waals surface area (Å²) in [5.74, 6) is -0.116. The van der Waals surface area contributed by atoms with Crippen molar-refractivity contribution in [2.24, 2.45) is 0 Å². The molecule has 0 atom stereocenters. The summed E-state index contributed by atoms with van der Waals surface area (Å²) >= 11 is 3.23. The molecule has 1 aromatic carbocycles. The summed E-state index contributed by atoms with van der Waals surface area (Å²) in [7, 11) is 0. The molecule has 120 valence electrons. The lowest BCUT2D eigenvalue weighted by Crippen LogP contribution is -2.63. The number of halogens is 1. The summed E-state index contributed by atoms with van der Waals surface area (Å²) in [4.78, 5) is 25.8. The fourth-order valence-electron chi connectivity index (χ4n) is 2.89. The summed E-state index contributed by atoms with van der Waals surface area (Å²) in [6, 6.07) is 12.9. The lowest BCUT2D eigenvalue weighted by Gasteiger charge is -2.49. The van der Waals surface area contributed by atoms with E-state index in [1.165, 1.54) is 10.6 Å². The number of nitrogens with zero attached hydrogens (tertiary/aromatic N) is 2. The van der Waals surface area contributed by atoms with Gasteiger partial charge < -0.3 is 14.6 Å². The van der Waals surface area contributed by atoms with Crippen LogP contribution in [0.15, 0.2) is 57.9 Å². The van der Waals surface area contributed by atoms with Crippen molar-refractivity contribution in [2.75, 3.05) is 19.7 Å². The van der Waals surface area contributed by atoms with Gasteiger partial charge in [-0.1, -0.05) is 46.3 Å².